The van der Waals surface area contributed by atoms with Gasteiger partial charge >= 0.3 is 5.97 Å². The molecule has 2 rings (SSSR count). The molecule has 0 amide bonds. The molecule has 0 saturated heterocycles. The standard InChI is InChI=1S/C14H21FO2/c1-2-17-14(16)13(15)9-11-8-12(11)10-6-4-3-5-7-10/h9-12H,2-8H2,1H3/b13-9-. The molecule has 3 heteroatoms. The van der Waals surface area contributed by atoms with E-state index in [0.29, 0.717) is 5.92 Å². The molecule has 2 aliphatic carbocycles. The van der Waals surface area contributed by atoms with Crippen LogP contribution in [-0.4, -0.2) is 12.6 Å². The first kappa shape index (κ1) is 12.6. The van der Waals surface area contributed by atoms with E-state index in [1.54, 1.807) is 6.92 Å². The van der Waals surface area contributed by atoms with Crippen molar-refractivity contribution in [1.82, 2.24) is 0 Å². The van der Waals surface area contributed by atoms with Gasteiger partial charge in [-0.1, -0.05) is 32.1 Å². The molecule has 0 radical (unpaired) electrons. The van der Waals surface area contributed by atoms with Crippen molar-refractivity contribution < 1.29 is 13.9 Å². The van der Waals surface area contributed by atoms with Crippen molar-refractivity contribution in [1.29, 1.82) is 0 Å². The molecule has 2 aliphatic rings. The van der Waals surface area contributed by atoms with Crippen LogP contribution in [-0.2, 0) is 9.53 Å². The zero-order valence-corrected chi connectivity index (χ0v) is 10.5. The fourth-order valence-corrected chi connectivity index (χ4v) is 2.99. The maximum Gasteiger partial charge on any atom is 0.366 e. The van der Waals surface area contributed by atoms with Crippen LogP contribution in [0, 0.1) is 17.8 Å². The molecule has 17 heavy (non-hydrogen) atoms. The fraction of sp³-hybridized carbons (Fsp3) is 0.786. The van der Waals surface area contributed by atoms with Crippen molar-refractivity contribution in [2.24, 2.45) is 17.8 Å². The first-order chi connectivity index (χ1) is 8.22. The number of rotatable bonds is 4. The van der Waals surface area contributed by atoms with Crippen molar-refractivity contribution in [2.75, 3.05) is 6.61 Å². The molecule has 0 aromatic rings. The smallest absolute Gasteiger partial charge is 0.366 e. The van der Waals surface area contributed by atoms with Gasteiger partial charge in [0.25, 0.3) is 0 Å². The van der Waals surface area contributed by atoms with Crippen molar-refractivity contribution in [3.63, 3.8) is 0 Å². The molecule has 2 unspecified atom stereocenters. The summed E-state index contributed by atoms with van der Waals surface area (Å²) >= 11 is 0. The Morgan fingerprint density at radius 2 is 2.06 bits per heavy atom. The first-order valence-electron chi connectivity index (χ1n) is 6.76. The second-order valence-corrected chi connectivity index (χ2v) is 5.20. The molecular formula is C14H21FO2. The minimum Gasteiger partial charge on any atom is -0.461 e. The Balaban J connectivity index is 1.81. The van der Waals surface area contributed by atoms with Gasteiger partial charge < -0.3 is 4.74 Å². The molecule has 2 fully saturated rings. The summed E-state index contributed by atoms with van der Waals surface area (Å²) < 4.78 is 18.0. The number of hydrogen-bond donors (Lipinski definition) is 0. The van der Waals surface area contributed by atoms with Gasteiger partial charge in [-0.2, -0.15) is 4.39 Å². The third kappa shape index (κ3) is 3.30. The number of carbonyl (C=O) groups is 1. The topological polar surface area (TPSA) is 26.3 Å². The zero-order valence-electron chi connectivity index (χ0n) is 10.5. The third-order valence-electron chi connectivity index (χ3n) is 3.98. The maximum atomic E-state index is 13.4. The Bertz CT molecular complexity index is 305. The summed E-state index contributed by atoms with van der Waals surface area (Å²) in [7, 11) is 0. The molecule has 2 atom stereocenters. The van der Waals surface area contributed by atoms with Gasteiger partial charge in [0.2, 0.25) is 5.83 Å². The van der Waals surface area contributed by atoms with E-state index in [1.807, 2.05) is 0 Å². The van der Waals surface area contributed by atoms with Crippen LogP contribution in [0.1, 0.15) is 45.4 Å². The second kappa shape index (κ2) is 5.65. The number of ether oxygens (including phenoxy) is 1. The van der Waals surface area contributed by atoms with Gasteiger partial charge in [-0.25, -0.2) is 4.79 Å². The summed E-state index contributed by atoms with van der Waals surface area (Å²) in [5.41, 5.74) is 0. The lowest BCUT2D eigenvalue weighted by molar-refractivity contribution is -0.140. The lowest BCUT2D eigenvalue weighted by Crippen LogP contribution is -2.09. The molecule has 0 aromatic heterocycles. The highest BCUT2D eigenvalue weighted by atomic mass is 19.1. The minimum atomic E-state index is -0.804. The fourth-order valence-electron chi connectivity index (χ4n) is 2.99. The highest BCUT2D eigenvalue weighted by Crippen LogP contribution is 2.50. The quantitative estimate of drug-likeness (QED) is 0.554. The van der Waals surface area contributed by atoms with Crippen molar-refractivity contribution in [2.45, 2.75) is 45.4 Å². The Morgan fingerprint density at radius 3 is 2.71 bits per heavy atom. The Labute approximate surface area is 102 Å². The largest absolute Gasteiger partial charge is 0.461 e. The van der Waals surface area contributed by atoms with E-state index in [4.69, 9.17) is 0 Å². The average molecular weight is 240 g/mol. The molecule has 0 aromatic carbocycles. The second-order valence-electron chi connectivity index (χ2n) is 5.20. The third-order valence-corrected chi connectivity index (χ3v) is 3.98. The minimum absolute atomic E-state index is 0.233. The van der Waals surface area contributed by atoms with Crippen molar-refractivity contribution in [3.05, 3.63) is 11.9 Å². The molecule has 0 N–H and O–H groups in total. The van der Waals surface area contributed by atoms with Gasteiger partial charge in [0.15, 0.2) is 0 Å². The van der Waals surface area contributed by atoms with Crippen LogP contribution >= 0.6 is 0 Å². The SMILES string of the molecule is CCOC(=O)/C(F)=C/C1CC1C1CCCCC1. The molecular weight excluding hydrogens is 219 g/mol. The number of carbonyl (C=O) groups excluding carboxylic acids is 1. The van der Waals surface area contributed by atoms with Gasteiger partial charge in [0.1, 0.15) is 0 Å². The van der Waals surface area contributed by atoms with Crippen LogP contribution in [0.5, 0.6) is 0 Å². The van der Waals surface area contributed by atoms with E-state index in [2.05, 4.69) is 4.74 Å². The lowest BCUT2D eigenvalue weighted by atomic mass is 9.85. The van der Waals surface area contributed by atoms with Gasteiger partial charge in [-0.3, -0.25) is 0 Å². The van der Waals surface area contributed by atoms with E-state index >= 15 is 0 Å². The number of halogens is 1. The summed E-state index contributed by atoms with van der Waals surface area (Å²) in [6, 6.07) is 0. The Kier molecular flexibility index (Phi) is 4.19. The van der Waals surface area contributed by atoms with Crippen LogP contribution in [0.25, 0.3) is 0 Å². The predicted molar refractivity (Wildman–Crippen MR) is 64.0 cm³/mol. The Morgan fingerprint density at radius 1 is 1.35 bits per heavy atom. The van der Waals surface area contributed by atoms with Gasteiger partial charge in [0.05, 0.1) is 6.61 Å². The summed E-state index contributed by atoms with van der Waals surface area (Å²) in [6.45, 7) is 1.92. The number of allylic oxidation sites excluding steroid dienone is 1. The van der Waals surface area contributed by atoms with Gasteiger partial charge in [0, 0.05) is 0 Å². The average Bonchev–Trinajstić information content (AvgIpc) is 3.10. The normalized spacial score (nSPS) is 30.1. The lowest BCUT2D eigenvalue weighted by Gasteiger charge is -2.21. The van der Waals surface area contributed by atoms with E-state index in [9.17, 15) is 9.18 Å². The van der Waals surface area contributed by atoms with E-state index < -0.39 is 11.8 Å². The number of hydrogen-bond acceptors (Lipinski definition) is 2. The Hall–Kier alpha value is -0.860. The molecule has 0 heterocycles. The van der Waals surface area contributed by atoms with Crippen LogP contribution < -0.4 is 0 Å². The first-order valence-corrected chi connectivity index (χ1v) is 6.76. The van der Waals surface area contributed by atoms with Crippen molar-refractivity contribution >= 4 is 5.97 Å². The molecule has 96 valence electrons. The van der Waals surface area contributed by atoms with E-state index in [1.165, 1.54) is 38.2 Å². The number of esters is 1. The van der Waals surface area contributed by atoms with E-state index in [0.717, 1.165) is 12.3 Å². The predicted octanol–water partition coefficient (Wildman–Crippen LogP) is 3.62. The summed E-state index contributed by atoms with van der Waals surface area (Å²) in [6.07, 6.45) is 9.09. The zero-order chi connectivity index (χ0) is 12.3. The molecule has 2 nitrogen and oxygen atoms in total. The van der Waals surface area contributed by atoms with Crippen LogP contribution in [0.2, 0.25) is 0 Å². The van der Waals surface area contributed by atoms with Gasteiger partial charge in [-0.15, -0.1) is 0 Å². The molecule has 0 aliphatic heterocycles. The molecule has 0 bridgehead atoms. The maximum absolute atomic E-state index is 13.4. The highest BCUT2D eigenvalue weighted by Gasteiger charge is 2.42. The summed E-state index contributed by atoms with van der Waals surface area (Å²) in [5, 5.41) is 0. The van der Waals surface area contributed by atoms with E-state index in [-0.39, 0.29) is 12.5 Å². The summed E-state index contributed by atoms with van der Waals surface area (Å²) in [4.78, 5) is 11.1. The van der Waals surface area contributed by atoms with Crippen LogP contribution in [0.3, 0.4) is 0 Å². The van der Waals surface area contributed by atoms with Crippen molar-refractivity contribution in [3.8, 4) is 0 Å². The van der Waals surface area contributed by atoms with Crippen LogP contribution in [0.4, 0.5) is 4.39 Å². The molecule has 0 spiro atoms. The molecule has 2 saturated carbocycles. The monoisotopic (exact) mass is 240 g/mol. The summed E-state index contributed by atoms with van der Waals surface area (Å²) in [5.74, 6) is 0.162. The van der Waals surface area contributed by atoms with Gasteiger partial charge in [-0.05, 0) is 37.2 Å². The van der Waals surface area contributed by atoms with Crippen LogP contribution in [0.15, 0.2) is 11.9 Å². The highest BCUT2D eigenvalue weighted by molar-refractivity contribution is 5.86.